The average Bonchev–Trinajstić information content (AvgIpc) is 2.59. The number of rotatable bonds is 7. The molecule has 0 spiro atoms. The van der Waals surface area contributed by atoms with Gasteiger partial charge in [-0.1, -0.05) is 18.2 Å². The molecule has 2 rings (SSSR count). The molecular formula is C19H20FNO4. The normalized spacial score (nSPS) is 11.5. The van der Waals surface area contributed by atoms with E-state index in [0.717, 1.165) is 0 Å². The molecule has 0 radical (unpaired) electrons. The van der Waals surface area contributed by atoms with Crippen LogP contribution in [0.5, 0.6) is 5.75 Å². The molecule has 0 heterocycles. The van der Waals surface area contributed by atoms with Crippen LogP contribution in [0.1, 0.15) is 19.4 Å². The molecule has 1 amide bonds. The van der Waals surface area contributed by atoms with E-state index >= 15 is 0 Å². The van der Waals surface area contributed by atoms with Crippen molar-refractivity contribution in [1.29, 1.82) is 0 Å². The summed E-state index contributed by atoms with van der Waals surface area (Å²) >= 11 is 0. The zero-order valence-electron chi connectivity index (χ0n) is 14.1. The van der Waals surface area contributed by atoms with Gasteiger partial charge in [-0.15, -0.1) is 0 Å². The second kappa shape index (κ2) is 8.82. The van der Waals surface area contributed by atoms with Gasteiger partial charge >= 0.3 is 5.97 Å². The van der Waals surface area contributed by atoms with Crippen LogP contribution in [0, 0.1) is 5.82 Å². The summed E-state index contributed by atoms with van der Waals surface area (Å²) in [6.07, 6.45) is -1.22. The molecule has 0 unspecified atom stereocenters. The van der Waals surface area contributed by atoms with Gasteiger partial charge in [-0.25, -0.2) is 4.39 Å². The molecule has 0 saturated heterocycles. The zero-order chi connectivity index (χ0) is 18.2. The van der Waals surface area contributed by atoms with Crippen LogP contribution < -0.4 is 10.1 Å². The molecule has 1 N–H and O–H groups in total. The Kier molecular flexibility index (Phi) is 6.51. The predicted octanol–water partition coefficient (Wildman–Crippen LogP) is 3.34. The lowest BCUT2D eigenvalue weighted by Gasteiger charge is -2.14. The third-order valence-electron chi connectivity index (χ3n) is 3.40. The van der Waals surface area contributed by atoms with Gasteiger partial charge in [-0.2, -0.15) is 0 Å². The number of carbonyl (C=O) groups excluding carboxylic acids is 2. The SMILES string of the molecule is CCOc1ccc(NC(=O)[C@H](C)OC(=O)Cc2ccccc2F)cc1. The van der Waals surface area contributed by atoms with Crippen LogP contribution in [0.25, 0.3) is 0 Å². The molecule has 0 aliphatic heterocycles. The molecule has 0 bridgehead atoms. The van der Waals surface area contributed by atoms with Crippen LogP contribution in [-0.2, 0) is 20.7 Å². The number of esters is 1. The Balaban J connectivity index is 1.87. The number of ether oxygens (including phenoxy) is 2. The van der Waals surface area contributed by atoms with Gasteiger partial charge in [0, 0.05) is 5.69 Å². The summed E-state index contributed by atoms with van der Waals surface area (Å²) in [5.41, 5.74) is 0.789. The lowest BCUT2D eigenvalue weighted by Crippen LogP contribution is -2.30. The Labute approximate surface area is 145 Å². The molecule has 0 saturated carbocycles. The van der Waals surface area contributed by atoms with Crippen molar-refractivity contribution in [2.75, 3.05) is 11.9 Å². The highest BCUT2D eigenvalue weighted by Crippen LogP contribution is 2.16. The lowest BCUT2D eigenvalue weighted by atomic mass is 10.1. The largest absolute Gasteiger partial charge is 0.494 e. The lowest BCUT2D eigenvalue weighted by molar-refractivity contribution is -0.152. The highest BCUT2D eigenvalue weighted by Gasteiger charge is 2.19. The van der Waals surface area contributed by atoms with Gasteiger partial charge in [0.25, 0.3) is 5.91 Å². The fraction of sp³-hybridized carbons (Fsp3) is 0.263. The predicted molar refractivity (Wildman–Crippen MR) is 91.9 cm³/mol. The molecule has 5 nitrogen and oxygen atoms in total. The summed E-state index contributed by atoms with van der Waals surface area (Å²) in [6.45, 7) is 3.90. The first-order valence-corrected chi connectivity index (χ1v) is 7.96. The van der Waals surface area contributed by atoms with Gasteiger partial charge < -0.3 is 14.8 Å². The van der Waals surface area contributed by atoms with Crippen molar-refractivity contribution in [3.8, 4) is 5.75 Å². The minimum absolute atomic E-state index is 0.228. The first-order valence-electron chi connectivity index (χ1n) is 7.96. The maximum absolute atomic E-state index is 13.5. The van der Waals surface area contributed by atoms with Gasteiger partial charge in [-0.3, -0.25) is 9.59 Å². The molecular weight excluding hydrogens is 325 g/mol. The van der Waals surface area contributed by atoms with E-state index in [1.807, 2.05) is 6.92 Å². The number of carbonyl (C=O) groups is 2. The Bertz CT molecular complexity index is 730. The minimum atomic E-state index is -0.995. The van der Waals surface area contributed by atoms with Crippen molar-refractivity contribution in [3.63, 3.8) is 0 Å². The van der Waals surface area contributed by atoms with Gasteiger partial charge in [0.15, 0.2) is 6.10 Å². The Morgan fingerprint density at radius 2 is 1.80 bits per heavy atom. The van der Waals surface area contributed by atoms with E-state index in [9.17, 15) is 14.0 Å². The molecule has 132 valence electrons. The Morgan fingerprint density at radius 3 is 2.44 bits per heavy atom. The van der Waals surface area contributed by atoms with E-state index in [2.05, 4.69) is 5.32 Å². The number of hydrogen-bond donors (Lipinski definition) is 1. The van der Waals surface area contributed by atoms with Crippen LogP contribution in [0.3, 0.4) is 0 Å². The topological polar surface area (TPSA) is 64.6 Å². The standard InChI is InChI=1S/C19H20FNO4/c1-3-24-16-10-8-15(9-11-16)21-19(23)13(2)25-18(22)12-14-6-4-5-7-17(14)20/h4-11,13H,3,12H2,1-2H3,(H,21,23)/t13-/m0/s1. The number of halogens is 1. The maximum atomic E-state index is 13.5. The third-order valence-corrected chi connectivity index (χ3v) is 3.40. The third kappa shape index (κ3) is 5.60. The van der Waals surface area contributed by atoms with Crippen LogP contribution in [-0.4, -0.2) is 24.6 Å². The molecule has 0 aliphatic carbocycles. The van der Waals surface area contributed by atoms with Gasteiger partial charge in [0.05, 0.1) is 13.0 Å². The molecule has 0 aliphatic rings. The number of benzene rings is 2. The minimum Gasteiger partial charge on any atom is -0.494 e. The van der Waals surface area contributed by atoms with E-state index in [0.29, 0.717) is 18.0 Å². The Morgan fingerprint density at radius 1 is 1.12 bits per heavy atom. The van der Waals surface area contributed by atoms with Crippen LogP contribution in [0.2, 0.25) is 0 Å². The molecule has 1 atom stereocenters. The zero-order valence-corrected chi connectivity index (χ0v) is 14.1. The van der Waals surface area contributed by atoms with E-state index in [-0.39, 0.29) is 12.0 Å². The van der Waals surface area contributed by atoms with Crippen molar-refractivity contribution in [1.82, 2.24) is 0 Å². The average molecular weight is 345 g/mol. The van der Waals surface area contributed by atoms with Crippen molar-refractivity contribution >= 4 is 17.6 Å². The first-order chi connectivity index (χ1) is 12.0. The fourth-order valence-corrected chi connectivity index (χ4v) is 2.13. The molecule has 0 fully saturated rings. The second-order valence-corrected chi connectivity index (χ2v) is 5.35. The van der Waals surface area contributed by atoms with Crippen LogP contribution >= 0.6 is 0 Å². The summed E-state index contributed by atoms with van der Waals surface area (Å²) in [5.74, 6) is -0.915. The smallest absolute Gasteiger partial charge is 0.311 e. The number of hydrogen-bond acceptors (Lipinski definition) is 4. The van der Waals surface area contributed by atoms with Gasteiger partial charge in [0.2, 0.25) is 0 Å². The number of anilines is 1. The van der Waals surface area contributed by atoms with Crippen molar-refractivity contribution in [2.24, 2.45) is 0 Å². The second-order valence-electron chi connectivity index (χ2n) is 5.35. The fourth-order valence-electron chi connectivity index (χ4n) is 2.13. The Hall–Kier alpha value is -2.89. The van der Waals surface area contributed by atoms with E-state index < -0.39 is 23.8 Å². The molecule has 0 aromatic heterocycles. The molecule has 25 heavy (non-hydrogen) atoms. The number of nitrogens with one attached hydrogen (secondary N) is 1. The van der Waals surface area contributed by atoms with Crippen LogP contribution in [0.15, 0.2) is 48.5 Å². The summed E-state index contributed by atoms with van der Waals surface area (Å²) in [6, 6.07) is 12.8. The van der Waals surface area contributed by atoms with Gasteiger partial charge in [-0.05, 0) is 49.7 Å². The molecule has 2 aromatic carbocycles. The quantitative estimate of drug-likeness (QED) is 0.782. The van der Waals surface area contributed by atoms with Gasteiger partial charge in [0.1, 0.15) is 11.6 Å². The van der Waals surface area contributed by atoms with E-state index in [1.54, 1.807) is 30.3 Å². The first kappa shape index (κ1) is 18.4. The summed E-state index contributed by atoms with van der Waals surface area (Å²) in [5, 5.41) is 2.65. The van der Waals surface area contributed by atoms with Crippen molar-refractivity contribution in [2.45, 2.75) is 26.4 Å². The summed E-state index contributed by atoms with van der Waals surface area (Å²) in [4.78, 5) is 23.9. The maximum Gasteiger partial charge on any atom is 0.311 e. The van der Waals surface area contributed by atoms with E-state index in [4.69, 9.17) is 9.47 Å². The molecule has 2 aromatic rings. The summed E-state index contributed by atoms with van der Waals surface area (Å²) < 4.78 is 23.9. The highest BCUT2D eigenvalue weighted by atomic mass is 19.1. The monoisotopic (exact) mass is 345 g/mol. The van der Waals surface area contributed by atoms with Crippen molar-refractivity contribution < 1.29 is 23.5 Å². The van der Waals surface area contributed by atoms with Crippen LogP contribution in [0.4, 0.5) is 10.1 Å². The molecule has 6 heteroatoms. The number of amides is 1. The van der Waals surface area contributed by atoms with E-state index in [1.165, 1.54) is 25.1 Å². The van der Waals surface area contributed by atoms with Crippen molar-refractivity contribution in [3.05, 3.63) is 59.9 Å². The highest BCUT2D eigenvalue weighted by molar-refractivity contribution is 5.95. The summed E-state index contributed by atoms with van der Waals surface area (Å²) in [7, 11) is 0.